The van der Waals surface area contributed by atoms with Gasteiger partial charge < -0.3 is 14.2 Å². The number of terminal acetylenes is 1. The van der Waals surface area contributed by atoms with E-state index in [9.17, 15) is 0 Å². The van der Waals surface area contributed by atoms with Crippen LogP contribution in [0.15, 0.2) is 0 Å². The molecule has 1 rings (SSSR count). The van der Waals surface area contributed by atoms with E-state index in [0.717, 1.165) is 13.0 Å². The van der Waals surface area contributed by atoms with Crippen molar-refractivity contribution in [3.8, 4) is 12.3 Å². The predicted octanol–water partition coefficient (Wildman–Crippen LogP) is 1.83. The van der Waals surface area contributed by atoms with E-state index in [2.05, 4.69) is 5.92 Å². The molecule has 1 heterocycles. The van der Waals surface area contributed by atoms with Crippen LogP contribution in [0.4, 0.5) is 0 Å². The lowest BCUT2D eigenvalue weighted by molar-refractivity contribution is -0.0594. The average Bonchev–Trinajstić information content (AvgIpc) is 3.13. The summed E-state index contributed by atoms with van der Waals surface area (Å²) in [6, 6.07) is 0. The third-order valence-electron chi connectivity index (χ3n) is 2.66. The molecular formula is C12H19ClO3. The van der Waals surface area contributed by atoms with Gasteiger partial charge in [0, 0.05) is 0 Å². The first-order valence-electron chi connectivity index (χ1n) is 5.54. The molecule has 1 fully saturated rings. The number of halogens is 1. The van der Waals surface area contributed by atoms with E-state index in [1.807, 2.05) is 13.8 Å². The van der Waals surface area contributed by atoms with E-state index in [0.29, 0.717) is 19.1 Å². The quantitative estimate of drug-likeness (QED) is 0.372. The molecule has 3 nitrogen and oxygen atoms in total. The maximum Gasteiger partial charge on any atom is 0.125 e. The zero-order chi connectivity index (χ0) is 12.0. The number of ether oxygens (including phenoxy) is 3. The third kappa shape index (κ3) is 4.71. The van der Waals surface area contributed by atoms with Crippen molar-refractivity contribution in [3.05, 3.63) is 0 Å². The minimum absolute atomic E-state index is 0.120. The molecule has 16 heavy (non-hydrogen) atoms. The lowest BCUT2D eigenvalue weighted by Gasteiger charge is -2.25. The summed E-state index contributed by atoms with van der Waals surface area (Å²) in [4.78, 5) is 0. The van der Waals surface area contributed by atoms with E-state index in [4.69, 9.17) is 32.2 Å². The van der Waals surface area contributed by atoms with Crippen LogP contribution in [0, 0.1) is 12.3 Å². The minimum Gasteiger partial charge on any atom is -0.372 e. The molecular weight excluding hydrogens is 228 g/mol. The summed E-state index contributed by atoms with van der Waals surface area (Å²) in [5.74, 6) is 3.04. The smallest absolute Gasteiger partial charge is 0.125 e. The molecule has 0 aliphatic carbocycles. The molecule has 0 aromatic heterocycles. The Kier molecular flexibility index (Phi) is 5.57. The Hall–Kier alpha value is -0.270. The van der Waals surface area contributed by atoms with Crippen molar-refractivity contribution in [3.63, 3.8) is 0 Å². The zero-order valence-corrected chi connectivity index (χ0v) is 10.6. The Morgan fingerprint density at radius 2 is 2.38 bits per heavy atom. The summed E-state index contributed by atoms with van der Waals surface area (Å²) < 4.78 is 16.2. The molecule has 1 saturated heterocycles. The van der Waals surface area contributed by atoms with Crippen LogP contribution in [0.2, 0.25) is 0 Å². The van der Waals surface area contributed by atoms with Gasteiger partial charge in [-0.15, -0.1) is 18.0 Å². The third-order valence-corrected chi connectivity index (χ3v) is 3.00. The normalized spacial score (nSPS) is 24.5. The maximum absolute atomic E-state index is 5.79. The van der Waals surface area contributed by atoms with E-state index >= 15 is 0 Å². The highest BCUT2D eigenvalue weighted by molar-refractivity contribution is 6.18. The van der Waals surface area contributed by atoms with Crippen molar-refractivity contribution in [1.29, 1.82) is 0 Å². The van der Waals surface area contributed by atoms with Crippen molar-refractivity contribution < 1.29 is 14.2 Å². The summed E-state index contributed by atoms with van der Waals surface area (Å²) in [5.41, 5.74) is -0.524. The van der Waals surface area contributed by atoms with Gasteiger partial charge in [0.15, 0.2) is 0 Å². The molecule has 0 N–H and O–H groups in total. The molecule has 1 aliphatic rings. The van der Waals surface area contributed by atoms with E-state index in [-0.39, 0.29) is 12.2 Å². The fourth-order valence-corrected chi connectivity index (χ4v) is 1.25. The Balaban J connectivity index is 2.23. The van der Waals surface area contributed by atoms with Crippen molar-refractivity contribution in [2.75, 3.05) is 25.7 Å². The van der Waals surface area contributed by atoms with Gasteiger partial charge in [-0.05, 0) is 13.3 Å². The van der Waals surface area contributed by atoms with Crippen molar-refractivity contribution >= 4 is 11.6 Å². The van der Waals surface area contributed by atoms with Gasteiger partial charge in [0.25, 0.3) is 0 Å². The Labute approximate surface area is 102 Å². The van der Waals surface area contributed by atoms with Gasteiger partial charge in [-0.1, -0.05) is 12.8 Å². The van der Waals surface area contributed by atoms with Crippen LogP contribution in [0.3, 0.4) is 0 Å². The predicted molar refractivity (Wildman–Crippen MR) is 63.7 cm³/mol. The summed E-state index contributed by atoms with van der Waals surface area (Å²) >= 11 is 5.79. The minimum atomic E-state index is -0.524. The van der Waals surface area contributed by atoms with Gasteiger partial charge >= 0.3 is 0 Å². The summed E-state index contributed by atoms with van der Waals surface area (Å²) in [6.07, 6.45) is 6.30. The summed E-state index contributed by atoms with van der Waals surface area (Å²) in [6.45, 7) is 5.67. The highest BCUT2D eigenvalue weighted by atomic mass is 35.5. The second-order valence-corrected chi connectivity index (χ2v) is 4.41. The first-order chi connectivity index (χ1) is 7.63. The SMILES string of the molecule is C#C[C@](C)(CC)OC[C@H](CCl)OC[C@H]1CO1. The zero-order valence-electron chi connectivity index (χ0n) is 9.87. The lowest BCUT2D eigenvalue weighted by atomic mass is 10.1. The number of hydrogen-bond acceptors (Lipinski definition) is 3. The van der Waals surface area contributed by atoms with Gasteiger partial charge in [0.05, 0.1) is 31.8 Å². The standard InChI is InChI=1S/C12H19ClO3/c1-4-12(3,5-2)16-9-10(6-13)14-7-11-8-15-11/h1,10-11H,5-9H2,2-3H3/t10-,11-,12+/m0/s1. The van der Waals surface area contributed by atoms with Crippen molar-refractivity contribution in [2.45, 2.75) is 38.1 Å². The van der Waals surface area contributed by atoms with E-state index < -0.39 is 5.60 Å². The van der Waals surface area contributed by atoms with E-state index in [1.165, 1.54) is 0 Å². The lowest BCUT2D eigenvalue weighted by Crippen LogP contribution is -2.32. The maximum atomic E-state index is 5.79. The first kappa shape index (κ1) is 13.8. The fraction of sp³-hybridized carbons (Fsp3) is 0.833. The second kappa shape index (κ2) is 6.46. The summed E-state index contributed by atoms with van der Waals surface area (Å²) in [7, 11) is 0. The highest BCUT2D eigenvalue weighted by Crippen LogP contribution is 2.16. The monoisotopic (exact) mass is 246 g/mol. The van der Waals surface area contributed by atoms with Crippen LogP contribution in [-0.4, -0.2) is 43.5 Å². The molecule has 0 amide bonds. The van der Waals surface area contributed by atoms with Crippen LogP contribution in [0.25, 0.3) is 0 Å². The molecule has 0 spiro atoms. The average molecular weight is 247 g/mol. The molecule has 0 aromatic rings. The second-order valence-electron chi connectivity index (χ2n) is 4.10. The highest BCUT2D eigenvalue weighted by Gasteiger charge is 2.26. The van der Waals surface area contributed by atoms with Crippen LogP contribution in [-0.2, 0) is 14.2 Å². The first-order valence-corrected chi connectivity index (χ1v) is 6.08. The van der Waals surface area contributed by atoms with Gasteiger partial charge in [-0.2, -0.15) is 0 Å². The molecule has 4 heteroatoms. The molecule has 1 aliphatic heterocycles. The molecule has 0 aromatic carbocycles. The molecule has 0 radical (unpaired) electrons. The van der Waals surface area contributed by atoms with Crippen LogP contribution in [0.1, 0.15) is 20.3 Å². The molecule has 0 bridgehead atoms. The molecule has 3 atom stereocenters. The Bertz CT molecular complexity index is 247. The van der Waals surface area contributed by atoms with Crippen molar-refractivity contribution in [2.24, 2.45) is 0 Å². The molecule has 0 unspecified atom stereocenters. The molecule has 0 saturated carbocycles. The van der Waals surface area contributed by atoms with Crippen LogP contribution >= 0.6 is 11.6 Å². The summed E-state index contributed by atoms with van der Waals surface area (Å²) in [5, 5.41) is 0. The Morgan fingerprint density at radius 1 is 1.69 bits per heavy atom. The van der Waals surface area contributed by atoms with Gasteiger partial charge in [0.1, 0.15) is 11.7 Å². The largest absolute Gasteiger partial charge is 0.372 e. The van der Waals surface area contributed by atoms with Gasteiger partial charge in [0.2, 0.25) is 0 Å². The number of rotatable bonds is 8. The van der Waals surface area contributed by atoms with Crippen LogP contribution < -0.4 is 0 Å². The molecule has 92 valence electrons. The fourth-order valence-electron chi connectivity index (χ4n) is 1.07. The topological polar surface area (TPSA) is 31.0 Å². The van der Waals surface area contributed by atoms with Gasteiger partial charge in [-0.25, -0.2) is 0 Å². The number of epoxide rings is 1. The Morgan fingerprint density at radius 3 is 2.81 bits per heavy atom. The van der Waals surface area contributed by atoms with E-state index in [1.54, 1.807) is 0 Å². The number of alkyl halides is 1. The van der Waals surface area contributed by atoms with Crippen LogP contribution in [0.5, 0.6) is 0 Å². The van der Waals surface area contributed by atoms with Gasteiger partial charge in [-0.3, -0.25) is 0 Å². The number of hydrogen-bond donors (Lipinski definition) is 0. The van der Waals surface area contributed by atoms with Crippen molar-refractivity contribution in [1.82, 2.24) is 0 Å².